The summed E-state index contributed by atoms with van der Waals surface area (Å²) < 4.78 is 32.8. The van der Waals surface area contributed by atoms with Gasteiger partial charge in [-0.3, -0.25) is 4.90 Å². The second-order valence-corrected chi connectivity index (χ2v) is 9.18. The summed E-state index contributed by atoms with van der Waals surface area (Å²) in [6, 6.07) is 6.64. The fourth-order valence-electron chi connectivity index (χ4n) is 3.78. The van der Waals surface area contributed by atoms with Crippen LogP contribution in [0.1, 0.15) is 19.8 Å². The zero-order valence-electron chi connectivity index (χ0n) is 14.2. The molecule has 7 heteroatoms. The minimum Gasteiger partial charge on any atom is -0.381 e. The van der Waals surface area contributed by atoms with Crippen LogP contribution >= 0.6 is 11.6 Å². The number of likely N-dealkylation sites (tertiary alicyclic amines) is 1. The molecular weight excluding hydrogens is 348 g/mol. The highest BCUT2D eigenvalue weighted by Gasteiger charge is 2.53. The van der Waals surface area contributed by atoms with E-state index in [-0.39, 0.29) is 15.5 Å². The molecule has 1 aromatic carbocycles. The van der Waals surface area contributed by atoms with E-state index < -0.39 is 10.0 Å². The van der Waals surface area contributed by atoms with Gasteiger partial charge in [-0.05, 0) is 51.4 Å². The molecule has 5 nitrogen and oxygen atoms in total. The molecule has 0 saturated carbocycles. The van der Waals surface area contributed by atoms with E-state index in [1.165, 1.54) is 0 Å². The average Bonchev–Trinajstić information content (AvgIpc) is 2.52. The van der Waals surface area contributed by atoms with Gasteiger partial charge >= 0.3 is 0 Å². The van der Waals surface area contributed by atoms with Gasteiger partial charge in [0, 0.05) is 31.8 Å². The topological polar surface area (TPSA) is 49.9 Å². The third-order valence-electron chi connectivity index (χ3n) is 5.30. The first kappa shape index (κ1) is 18.1. The lowest BCUT2D eigenvalue weighted by atomic mass is 9.77. The molecule has 3 rings (SSSR count). The van der Waals surface area contributed by atoms with Crippen molar-refractivity contribution in [1.29, 1.82) is 0 Å². The summed E-state index contributed by atoms with van der Waals surface area (Å²) >= 11 is 6.09. The first-order valence-corrected chi connectivity index (χ1v) is 10.2. The number of piperidine rings is 1. The molecule has 0 N–H and O–H groups in total. The zero-order chi connectivity index (χ0) is 17.4. The standard InChI is InChI=1S/C17H25ClN2O3S/c1-3-23-11-14-8-9-19(2)17(10-14)12-20(13-17)24(21,22)16-7-5-4-6-15(16)18/h4-7,14H,3,8-13H2,1-2H3/t14-/m1/s1. The lowest BCUT2D eigenvalue weighted by molar-refractivity contribution is -0.0576. The number of likely N-dealkylation sites (N-methyl/N-ethyl adjacent to an activating group) is 1. The van der Waals surface area contributed by atoms with Crippen LogP contribution in [0.5, 0.6) is 0 Å². The fourth-order valence-corrected chi connectivity index (χ4v) is 5.87. The number of rotatable bonds is 5. The Hall–Kier alpha value is -0.660. The number of nitrogens with zero attached hydrogens (tertiary/aromatic N) is 2. The van der Waals surface area contributed by atoms with E-state index in [0.717, 1.165) is 32.6 Å². The molecule has 0 aliphatic carbocycles. The molecular formula is C17H25ClN2O3S. The van der Waals surface area contributed by atoms with Crippen molar-refractivity contribution in [3.8, 4) is 0 Å². The van der Waals surface area contributed by atoms with E-state index >= 15 is 0 Å². The molecule has 2 aliphatic rings. The molecule has 1 spiro atoms. The van der Waals surface area contributed by atoms with Crippen LogP contribution in [0.15, 0.2) is 29.2 Å². The summed E-state index contributed by atoms with van der Waals surface area (Å²) in [5, 5.41) is 0.282. The molecule has 1 aromatic rings. The summed E-state index contributed by atoms with van der Waals surface area (Å²) in [4.78, 5) is 2.51. The number of benzene rings is 1. The molecule has 2 heterocycles. The highest BCUT2D eigenvalue weighted by Crippen LogP contribution is 2.41. The van der Waals surface area contributed by atoms with Crippen molar-refractivity contribution in [2.75, 3.05) is 39.9 Å². The Balaban J connectivity index is 1.72. The first-order valence-electron chi connectivity index (χ1n) is 8.43. The molecule has 2 fully saturated rings. The molecule has 2 saturated heterocycles. The molecule has 0 amide bonds. The number of sulfonamides is 1. The fraction of sp³-hybridized carbons (Fsp3) is 0.647. The van der Waals surface area contributed by atoms with Gasteiger partial charge in [-0.25, -0.2) is 8.42 Å². The highest BCUT2D eigenvalue weighted by atomic mass is 35.5. The van der Waals surface area contributed by atoms with Gasteiger partial charge < -0.3 is 4.74 Å². The van der Waals surface area contributed by atoms with Crippen LogP contribution in [0, 0.1) is 5.92 Å². The van der Waals surface area contributed by atoms with Gasteiger partial charge in [0.05, 0.1) is 5.02 Å². The maximum atomic E-state index is 12.8. The van der Waals surface area contributed by atoms with Crippen molar-refractivity contribution < 1.29 is 13.2 Å². The quantitative estimate of drug-likeness (QED) is 0.796. The molecule has 2 aliphatic heterocycles. The molecule has 0 bridgehead atoms. The van der Waals surface area contributed by atoms with Crippen LogP contribution in [-0.4, -0.2) is 63.1 Å². The molecule has 0 radical (unpaired) electrons. The summed E-state index contributed by atoms with van der Waals surface area (Å²) in [6.07, 6.45) is 2.09. The molecule has 134 valence electrons. The third kappa shape index (κ3) is 3.22. The number of hydrogen-bond donors (Lipinski definition) is 0. The van der Waals surface area contributed by atoms with Gasteiger partial charge in [0.25, 0.3) is 0 Å². The zero-order valence-corrected chi connectivity index (χ0v) is 15.8. The largest absolute Gasteiger partial charge is 0.381 e. The SMILES string of the molecule is CCOC[C@@H]1CCN(C)C2(C1)CN(S(=O)(=O)c1ccccc1Cl)C2. The van der Waals surface area contributed by atoms with E-state index in [1.54, 1.807) is 28.6 Å². The maximum absolute atomic E-state index is 12.8. The molecule has 24 heavy (non-hydrogen) atoms. The summed E-state index contributed by atoms with van der Waals surface area (Å²) in [7, 11) is -1.43. The predicted molar refractivity (Wildman–Crippen MR) is 94.8 cm³/mol. The smallest absolute Gasteiger partial charge is 0.244 e. The lowest BCUT2D eigenvalue weighted by Gasteiger charge is -2.57. The van der Waals surface area contributed by atoms with Crippen molar-refractivity contribution in [1.82, 2.24) is 9.21 Å². The minimum absolute atomic E-state index is 0.0612. The summed E-state index contributed by atoms with van der Waals surface area (Å²) in [5.74, 6) is 0.506. The van der Waals surface area contributed by atoms with Gasteiger partial charge in [-0.15, -0.1) is 0 Å². The Morgan fingerprint density at radius 1 is 1.33 bits per heavy atom. The Morgan fingerprint density at radius 3 is 2.71 bits per heavy atom. The number of hydrogen-bond acceptors (Lipinski definition) is 4. The number of halogens is 1. The van der Waals surface area contributed by atoms with Gasteiger partial charge in [0.2, 0.25) is 10.0 Å². The van der Waals surface area contributed by atoms with Crippen molar-refractivity contribution in [2.45, 2.75) is 30.2 Å². The summed E-state index contributed by atoms with van der Waals surface area (Å²) in [5.41, 5.74) is -0.0612. The normalized spacial score (nSPS) is 24.9. The molecule has 1 atom stereocenters. The van der Waals surface area contributed by atoms with E-state index in [2.05, 4.69) is 11.9 Å². The highest BCUT2D eigenvalue weighted by molar-refractivity contribution is 7.89. The van der Waals surface area contributed by atoms with E-state index in [4.69, 9.17) is 16.3 Å². The summed E-state index contributed by atoms with van der Waals surface area (Å²) in [6.45, 7) is 5.54. The molecule has 0 aromatic heterocycles. The predicted octanol–water partition coefficient (Wildman–Crippen LogP) is 2.46. The van der Waals surface area contributed by atoms with Crippen molar-refractivity contribution in [3.05, 3.63) is 29.3 Å². The first-order chi connectivity index (χ1) is 11.4. The maximum Gasteiger partial charge on any atom is 0.244 e. The Labute approximate surface area is 149 Å². The van der Waals surface area contributed by atoms with Gasteiger partial charge in [-0.1, -0.05) is 23.7 Å². The van der Waals surface area contributed by atoms with Crippen molar-refractivity contribution >= 4 is 21.6 Å². The lowest BCUT2D eigenvalue weighted by Crippen LogP contribution is -2.72. The van der Waals surface area contributed by atoms with Crippen LogP contribution in [-0.2, 0) is 14.8 Å². The Kier molecular flexibility index (Phi) is 5.23. The van der Waals surface area contributed by atoms with Crippen molar-refractivity contribution in [2.24, 2.45) is 5.92 Å². The van der Waals surface area contributed by atoms with Crippen LogP contribution in [0.25, 0.3) is 0 Å². The van der Waals surface area contributed by atoms with Gasteiger partial charge in [0.1, 0.15) is 4.90 Å². The van der Waals surface area contributed by atoms with E-state index in [0.29, 0.717) is 19.0 Å². The second-order valence-electron chi connectivity index (χ2n) is 6.87. The van der Waals surface area contributed by atoms with Crippen LogP contribution < -0.4 is 0 Å². The van der Waals surface area contributed by atoms with Gasteiger partial charge in [-0.2, -0.15) is 4.31 Å². The van der Waals surface area contributed by atoms with E-state index in [9.17, 15) is 8.42 Å². The Morgan fingerprint density at radius 2 is 2.04 bits per heavy atom. The average molecular weight is 373 g/mol. The van der Waals surface area contributed by atoms with Crippen LogP contribution in [0.3, 0.4) is 0 Å². The number of ether oxygens (including phenoxy) is 1. The van der Waals surface area contributed by atoms with Gasteiger partial charge in [0.15, 0.2) is 0 Å². The van der Waals surface area contributed by atoms with E-state index in [1.807, 2.05) is 6.92 Å². The molecule has 0 unspecified atom stereocenters. The monoisotopic (exact) mass is 372 g/mol. The van der Waals surface area contributed by atoms with Crippen LogP contribution in [0.2, 0.25) is 5.02 Å². The Bertz CT molecular complexity index is 687. The van der Waals surface area contributed by atoms with Crippen LogP contribution in [0.4, 0.5) is 0 Å². The third-order valence-corrected chi connectivity index (χ3v) is 7.60. The van der Waals surface area contributed by atoms with Crippen molar-refractivity contribution in [3.63, 3.8) is 0 Å². The minimum atomic E-state index is -3.52. The second kappa shape index (κ2) is 6.92.